The second-order valence-corrected chi connectivity index (χ2v) is 12.1. The molecule has 0 unspecified atom stereocenters. The van der Waals surface area contributed by atoms with Crippen LogP contribution in [0.4, 0.5) is 5.69 Å². The van der Waals surface area contributed by atoms with Gasteiger partial charge >= 0.3 is 0 Å². The van der Waals surface area contributed by atoms with E-state index in [0.717, 1.165) is 54.8 Å². The molecule has 1 aliphatic carbocycles. The SMILES string of the molecule is COc1cc(-c2nc3ccc(C(=O)NCCC(=O)N4CCN(c5cccc(C)c5C)CC4)cc3n2C2CCC2)cc(OC)c1OC. The number of methoxy groups -OCH3 is 3. The Morgan fingerprint density at radius 1 is 0.913 bits per heavy atom. The van der Waals surface area contributed by atoms with Crippen LogP contribution in [0.2, 0.25) is 0 Å². The van der Waals surface area contributed by atoms with Crippen molar-refractivity contribution in [3.05, 3.63) is 65.2 Å². The Morgan fingerprint density at radius 3 is 2.26 bits per heavy atom. The molecule has 10 nitrogen and oxygen atoms in total. The lowest BCUT2D eigenvalue weighted by molar-refractivity contribution is -0.131. The molecule has 2 aliphatic rings. The zero-order valence-corrected chi connectivity index (χ0v) is 27.4. The van der Waals surface area contributed by atoms with E-state index in [0.29, 0.717) is 35.9 Å². The van der Waals surface area contributed by atoms with Gasteiger partial charge in [-0.25, -0.2) is 4.98 Å². The van der Waals surface area contributed by atoms with Crippen molar-refractivity contribution < 1.29 is 23.8 Å². The van der Waals surface area contributed by atoms with Gasteiger partial charge in [-0.2, -0.15) is 0 Å². The van der Waals surface area contributed by atoms with Gasteiger partial charge in [0.05, 0.1) is 32.4 Å². The number of aromatic nitrogens is 2. The third-order valence-corrected chi connectivity index (χ3v) is 9.49. The lowest BCUT2D eigenvalue weighted by atomic mass is 9.92. The number of nitrogens with zero attached hydrogens (tertiary/aromatic N) is 4. The second-order valence-electron chi connectivity index (χ2n) is 12.1. The number of nitrogens with one attached hydrogen (secondary N) is 1. The molecule has 2 amide bonds. The Balaban J connectivity index is 1.13. The fourth-order valence-electron chi connectivity index (χ4n) is 6.48. The lowest BCUT2D eigenvalue weighted by Gasteiger charge is -2.37. The number of fused-ring (bicyclic) bond motifs is 1. The average molecular weight is 626 g/mol. The third-order valence-electron chi connectivity index (χ3n) is 9.49. The average Bonchev–Trinajstić information content (AvgIpc) is 3.42. The largest absolute Gasteiger partial charge is 0.493 e. The molecule has 0 spiro atoms. The molecule has 10 heteroatoms. The molecule has 1 aromatic heterocycles. The van der Waals surface area contributed by atoms with Crippen LogP contribution in [0, 0.1) is 13.8 Å². The maximum atomic E-state index is 13.3. The van der Waals surface area contributed by atoms with E-state index in [4.69, 9.17) is 19.2 Å². The maximum Gasteiger partial charge on any atom is 0.251 e. The molecule has 1 aliphatic heterocycles. The van der Waals surface area contributed by atoms with E-state index in [-0.39, 0.29) is 30.8 Å². The number of benzene rings is 3. The van der Waals surface area contributed by atoms with E-state index in [1.165, 1.54) is 16.8 Å². The van der Waals surface area contributed by atoms with Crippen molar-refractivity contribution in [3.8, 4) is 28.6 Å². The molecule has 0 atom stereocenters. The van der Waals surface area contributed by atoms with Crippen LogP contribution in [-0.2, 0) is 4.79 Å². The highest BCUT2D eigenvalue weighted by atomic mass is 16.5. The summed E-state index contributed by atoms with van der Waals surface area (Å²) >= 11 is 0. The number of ether oxygens (including phenoxy) is 3. The number of piperazine rings is 1. The van der Waals surface area contributed by atoms with Gasteiger partial charge in [-0.05, 0) is 80.6 Å². The number of imidazole rings is 1. The van der Waals surface area contributed by atoms with Crippen LogP contribution in [0.5, 0.6) is 17.2 Å². The minimum absolute atomic E-state index is 0.0643. The highest BCUT2D eigenvalue weighted by Gasteiger charge is 2.28. The first-order chi connectivity index (χ1) is 22.3. The van der Waals surface area contributed by atoms with Gasteiger partial charge in [0.1, 0.15) is 5.82 Å². The summed E-state index contributed by atoms with van der Waals surface area (Å²) in [5.74, 6) is 2.29. The van der Waals surface area contributed by atoms with E-state index < -0.39 is 0 Å². The van der Waals surface area contributed by atoms with E-state index in [1.54, 1.807) is 27.4 Å². The summed E-state index contributed by atoms with van der Waals surface area (Å²) < 4.78 is 19.0. The molecular formula is C36H43N5O5. The summed E-state index contributed by atoms with van der Waals surface area (Å²) in [4.78, 5) is 35.5. The number of carbonyl (C=O) groups excluding carboxylic acids is 2. The molecule has 1 saturated heterocycles. The predicted octanol–water partition coefficient (Wildman–Crippen LogP) is 5.54. The van der Waals surface area contributed by atoms with Crippen molar-refractivity contribution in [1.82, 2.24) is 19.8 Å². The quantitative estimate of drug-likeness (QED) is 0.247. The van der Waals surface area contributed by atoms with Gasteiger partial charge in [0.15, 0.2) is 11.5 Å². The maximum absolute atomic E-state index is 13.3. The van der Waals surface area contributed by atoms with Gasteiger partial charge in [-0.15, -0.1) is 0 Å². The van der Waals surface area contributed by atoms with Crippen molar-refractivity contribution >= 4 is 28.5 Å². The number of anilines is 1. The summed E-state index contributed by atoms with van der Waals surface area (Å²) in [6.45, 7) is 7.52. The van der Waals surface area contributed by atoms with E-state index in [2.05, 4.69) is 46.8 Å². The third kappa shape index (κ3) is 5.96. The van der Waals surface area contributed by atoms with Crippen LogP contribution in [0.25, 0.3) is 22.4 Å². The summed E-state index contributed by atoms with van der Waals surface area (Å²) in [6.07, 6.45) is 3.50. The van der Waals surface area contributed by atoms with E-state index in [1.807, 2.05) is 29.2 Å². The van der Waals surface area contributed by atoms with Crippen LogP contribution in [0.1, 0.15) is 53.2 Å². The van der Waals surface area contributed by atoms with E-state index in [9.17, 15) is 9.59 Å². The molecule has 0 radical (unpaired) electrons. The van der Waals surface area contributed by atoms with Crippen molar-refractivity contribution in [3.63, 3.8) is 0 Å². The number of rotatable bonds is 10. The first-order valence-corrected chi connectivity index (χ1v) is 16.0. The summed E-state index contributed by atoms with van der Waals surface area (Å²) in [6, 6.07) is 16.1. The van der Waals surface area contributed by atoms with Gasteiger partial charge in [-0.1, -0.05) is 12.1 Å². The zero-order valence-electron chi connectivity index (χ0n) is 27.4. The van der Waals surface area contributed by atoms with Gasteiger partial charge in [0.2, 0.25) is 11.7 Å². The molecule has 1 N–H and O–H groups in total. The first-order valence-electron chi connectivity index (χ1n) is 16.0. The molecule has 3 aromatic carbocycles. The molecule has 0 bridgehead atoms. The van der Waals surface area contributed by atoms with Gasteiger partial charge in [0.25, 0.3) is 5.91 Å². The Kier molecular flexibility index (Phi) is 9.05. The number of carbonyl (C=O) groups is 2. The summed E-state index contributed by atoms with van der Waals surface area (Å²) in [5.41, 5.74) is 6.90. The number of hydrogen-bond donors (Lipinski definition) is 1. The van der Waals surface area contributed by atoms with Crippen molar-refractivity contribution in [2.45, 2.75) is 45.6 Å². The summed E-state index contributed by atoms with van der Waals surface area (Å²) in [5, 5.41) is 2.97. The molecule has 2 fully saturated rings. The van der Waals surface area contributed by atoms with Gasteiger partial charge in [0, 0.05) is 62.0 Å². The van der Waals surface area contributed by atoms with Crippen LogP contribution in [-0.4, -0.2) is 80.3 Å². The molecule has 242 valence electrons. The standard InChI is InChI=1S/C36H43N5O5/c1-23-8-6-11-29(24(23)2)39-16-18-40(19-17-39)33(42)14-15-37-36(43)25-12-13-28-30(20-25)41(27-9-7-10-27)35(38-28)26-21-31(44-3)34(46-5)32(22-26)45-4/h6,8,11-13,20-22,27H,7,9-10,14-19H2,1-5H3,(H,37,43). The predicted molar refractivity (Wildman–Crippen MR) is 179 cm³/mol. The van der Waals surface area contributed by atoms with Crippen LogP contribution < -0.4 is 24.4 Å². The Morgan fingerprint density at radius 2 is 1.63 bits per heavy atom. The fraction of sp³-hybridized carbons (Fsp3) is 0.417. The molecule has 1 saturated carbocycles. The van der Waals surface area contributed by atoms with Crippen LogP contribution in [0.3, 0.4) is 0 Å². The monoisotopic (exact) mass is 625 g/mol. The molecule has 46 heavy (non-hydrogen) atoms. The Bertz CT molecular complexity index is 1730. The van der Waals surface area contributed by atoms with E-state index >= 15 is 0 Å². The van der Waals surface area contributed by atoms with Gasteiger partial charge in [-0.3, -0.25) is 9.59 Å². The summed E-state index contributed by atoms with van der Waals surface area (Å²) in [7, 11) is 4.78. The van der Waals surface area contributed by atoms with Crippen molar-refractivity contribution in [1.29, 1.82) is 0 Å². The Hall–Kier alpha value is -4.73. The number of amides is 2. The minimum atomic E-state index is -0.204. The molecular weight excluding hydrogens is 582 g/mol. The van der Waals surface area contributed by atoms with Crippen molar-refractivity contribution in [2.24, 2.45) is 0 Å². The Labute approximate surface area is 270 Å². The van der Waals surface area contributed by atoms with Gasteiger partial charge < -0.3 is 33.9 Å². The number of aryl methyl sites for hydroxylation is 1. The second kappa shape index (κ2) is 13.3. The fourth-order valence-corrected chi connectivity index (χ4v) is 6.48. The minimum Gasteiger partial charge on any atom is -0.493 e. The smallest absolute Gasteiger partial charge is 0.251 e. The number of hydrogen-bond acceptors (Lipinski definition) is 7. The van der Waals surface area contributed by atoms with Crippen LogP contribution >= 0.6 is 0 Å². The molecule has 6 rings (SSSR count). The highest BCUT2D eigenvalue weighted by Crippen LogP contribution is 2.44. The van der Waals surface area contributed by atoms with Crippen LogP contribution in [0.15, 0.2) is 48.5 Å². The first kappa shape index (κ1) is 31.3. The lowest BCUT2D eigenvalue weighted by Crippen LogP contribution is -2.49. The molecule has 4 aromatic rings. The topological polar surface area (TPSA) is 98.2 Å². The normalized spacial score (nSPS) is 15.1. The molecule has 2 heterocycles. The highest BCUT2D eigenvalue weighted by molar-refractivity contribution is 5.98. The zero-order chi connectivity index (χ0) is 32.4. The van der Waals surface area contributed by atoms with Crippen molar-refractivity contribution in [2.75, 3.05) is 59.0 Å².